The minimum Gasteiger partial charge on any atom is -0.465 e. The maximum atomic E-state index is 12.4. The number of carbonyl (C=O) groups is 2. The summed E-state index contributed by atoms with van der Waals surface area (Å²) in [6, 6.07) is 0. The minimum atomic E-state index is -0.806. The van der Waals surface area contributed by atoms with Gasteiger partial charge in [-0.15, -0.1) is 0 Å². The smallest absolute Gasteiger partial charge is 0.316 e. The third-order valence-electron chi connectivity index (χ3n) is 4.41. The summed E-state index contributed by atoms with van der Waals surface area (Å²) in [6.45, 7) is 8.58. The molecule has 0 saturated carbocycles. The zero-order chi connectivity index (χ0) is 16.4. The Kier molecular flexibility index (Phi) is 4.87. The molecule has 0 radical (unpaired) electrons. The lowest BCUT2D eigenvalue weighted by molar-refractivity contribution is -0.152. The van der Waals surface area contributed by atoms with Gasteiger partial charge in [-0.2, -0.15) is 0 Å². The normalized spacial score (nSPS) is 28.5. The van der Waals surface area contributed by atoms with Gasteiger partial charge in [-0.3, -0.25) is 9.59 Å². The van der Waals surface area contributed by atoms with Crippen LogP contribution in [-0.2, 0) is 23.8 Å². The Bertz CT molecular complexity index is 525. The second kappa shape index (κ2) is 6.34. The fourth-order valence-corrected chi connectivity index (χ4v) is 2.92. The largest absolute Gasteiger partial charge is 0.465 e. The fraction of sp³-hybridized carbons (Fsp3) is 0.647. The summed E-state index contributed by atoms with van der Waals surface area (Å²) in [4.78, 5) is 24.4. The highest BCUT2D eigenvalue weighted by Crippen LogP contribution is 2.41. The van der Waals surface area contributed by atoms with E-state index in [1.165, 1.54) is 0 Å². The molecule has 22 heavy (non-hydrogen) atoms. The van der Waals surface area contributed by atoms with Crippen molar-refractivity contribution < 1.29 is 23.8 Å². The number of allylic oxidation sites excluding steroid dienone is 2. The van der Waals surface area contributed by atoms with Crippen LogP contribution in [0.4, 0.5) is 0 Å². The second-order valence-electron chi connectivity index (χ2n) is 6.06. The van der Waals surface area contributed by atoms with E-state index in [2.05, 4.69) is 0 Å². The molecule has 0 aromatic rings. The third kappa shape index (κ3) is 3.15. The van der Waals surface area contributed by atoms with Crippen LogP contribution in [0.25, 0.3) is 0 Å². The van der Waals surface area contributed by atoms with Crippen LogP contribution in [0, 0.1) is 5.41 Å². The molecule has 0 N–H and O–H groups in total. The number of carbonyl (C=O) groups excluding carboxylic acids is 2. The Morgan fingerprint density at radius 2 is 1.95 bits per heavy atom. The van der Waals surface area contributed by atoms with Gasteiger partial charge < -0.3 is 14.2 Å². The van der Waals surface area contributed by atoms with Gasteiger partial charge in [-0.25, -0.2) is 0 Å². The molecule has 1 aliphatic carbocycles. The molecule has 0 aromatic heterocycles. The summed E-state index contributed by atoms with van der Waals surface area (Å²) < 4.78 is 16.3. The number of ether oxygens (including phenoxy) is 3. The SMILES string of the molecule is CCOC(=O)C1(C)CCC(=O)C(C)=C1/C=C/C1(C)OCCO1. The van der Waals surface area contributed by atoms with Crippen molar-refractivity contribution in [1.29, 1.82) is 0 Å². The van der Waals surface area contributed by atoms with Gasteiger partial charge in [0.1, 0.15) is 0 Å². The summed E-state index contributed by atoms with van der Waals surface area (Å²) in [6.07, 6.45) is 4.38. The lowest BCUT2D eigenvalue weighted by Crippen LogP contribution is -2.36. The molecule has 0 spiro atoms. The summed E-state index contributed by atoms with van der Waals surface area (Å²) >= 11 is 0. The quantitative estimate of drug-likeness (QED) is 0.747. The lowest BCUT2D eigenvalue weighted by Gasteiger charge is -2.33. The molecular weight excluding hydrogens is 284 g/mol. The monoisotopic (exact) mass is 308 g/mol. The van der Waals surface area contributed by atoms with Gasteiger partial charge in [0.25, 0.3) is 0 Å². The molecule has 0 aromatic carbocycles. The van der Waals surface area contributed by atoms with Crippen LogP contribution >= 0.6 is 0 Å². The van der Waals surface area contributed by atoms with E-state index < -0.39 is 11.2 Å². The Balaban J connectivity index is 2.36. The van der Waals surface area contributed by atoms with Crippen LogP contribution in [-0.4, -0.2) is 37.4 Å². The van der Waals surface area contributed by atoms with Gasteiger partial charge in [0.05, 0.1) is 25.2 Å². The Morgan fingerprint density at radius 1 is 1.32 bits per heavy atom. The number of Topliss-reactive ketones (excluding diaryl/α,β-unsaturated/α-hetero) is 1. The van der Waals surface area contributed by atoms with Crippen LogP contribution in [0.2, 0.25) is 0 Å². The molecule has 1 saturated heterocycles. The Morgan fingerprint density at radius 3 is 2.55 bits per heavy atom. The molecule has 1 fully saturated rings. The maximum Gasteiger partial charge on any atom is 0.316 e. The van der Waals surface area contributed by atoms with Gasteiger partial charge in [0.15, 0.2) is 11.6 Å². The lowest BCUT2D eigenvalue weighted by atomic mass is 9.70. The van der Waals surface area contributed by atoms with Crippen LogP contribution in [0.5, 0.6) is 0 Å². The molecule has 5 nitrogen and oxygen atoms in total. The van der Waals surface area contributed by atoms with Gasteiger partial charge >= 0.3 is 5.97 Å². The molecule has 1 heterocycles. The first-order valence-electron chi connectivity index (χ1n) is 7.71. The molecular formula is C17H24O5. The molecule has 0 bridgehead atoms. The number of hydrogen-bond donors (Lipinski definition) is 0. The highest BCUT2D eigenvalue weighted by atomic mass is 16.7. The first kappa shape index (κ1) is 16.9. The molecule has 5 heteroatoms. The highest BCUT2D eigenvalue weighted by Gasteiger charge is 2.43. The average Bonchev–Trinajstić information content (AvgIpc) is 2.90. The van der Waals surface area contributed by atoms with Crippen molar-refractivity contribution in [1.82, 2.24) is 0 Å². The molecule has 0 amide bonds. The zero-order valence-corrected chi connectivity index (χ0v) is 13.7. The van der Waals surface area contributed by atoms with Gasteiger partial charge in [0.2, 0.25) is 0 Å². The van der Waals surface area contributed by atoms with Gasteiger partial charge in [-0.1, -0.05) is 6.08 Å². The van der Waals surface area contributed by atoms with E-state index in [0.717, 1.165) is 0 Å². The van der Waals surface area contributed by atoms with Crippen molar-refractivity contribution in [2.75, 3.05) is 19.8 Å². The van der Waals surface area contributed by atoms with Crippen LogP contribution in [0.3, 0.4) is 0 Å². The van der Waals surface area contributed by atoms with Crippen molar-refractivity contribution in [2.24, 2.45) is 5.41 Å². The summed E-state index contributed by atoms with van der Waals surface area (Å²) in [5.41, 5.74) is 0.501. The van der Waals surface area contributed by atoms with E-state index in [0.29, 0.717) is 43.8 Å². The first-order chi connectivity index (χ1) is 10.3. The van der Waals surface area contributed by atoms with Crippen LogP contribution < -0.4 is 0 Å². The van der Waals surface area contributed by atoms with E-state index in [-0.39, 0.29) is 11.8 Å². The number of rotatable bonds is 4. The average molecular weight is 308 g/mol. The van der Waals surface area contributed by atoms with E-state index in [1.54, 1.807) is 26.0 Å². The molecule has 1 atom stereocenters. The van der Waals surface area contributed by atoms with Crippen molar-refractivity contribution in [3.8, 4) is 0 Å². The van der Waals surface area contributed by atoms with Gasteiger partial charge in [-0.05, 0) is 51.3 Å². The third-order valence-corrected chi connectivity index (χ3v) is 4.41. The van der Waals surface area contributed by atoms with Crippen LogP contribution in [0.1, 0.15) is 40.5 Å². The standard InChI is InChI=1S/C17H24O5/c1-5-20-15(19)16(3)8-7-14(18)12(2)13(16)6-9-17(4)21-10-11-22-17/h6,9H,5,7-8,10-11H2,1-4H3/b9-6+. The van der Waals surface area contributed by atoms with Gasteiger partial charge in [0, 0.05) is 6.42 Å². The number of hydrogen-bond acceptors (Lipinski definition) is 5. The van der Waals surface area contributed by atoms with Crippen molar-refractivity contribution in [2.45, 2.75) is 46.3 Å². The molecule has 2 aliphatic rings. The molecule has 122 valence electrons. The number of esters is 1. The topological polar surface area (TPSA) is 61.8 Å². The van der Waals surface area contributed by atoms with Crippen molar-refractivity contribution >= 4 is 11.8 Å². The fourth-order valence-electron chi connectivity index (χ4n) is 2.92. The molecule has 2 rings (SSSR count). The molecule has 1 unspecified atom stereocenters. The van der Waals surface area contributed by atoms with E-state index >= 15 is 0 Å². The second-order valence-corrected chi connectivity index (χ2v) is 6.06. The van der Waals surface area contributed by atoms with E-state index in [1.807, 2.05) is 13.8 Å². The first-order valence-corrected chi connectivity index (χ1v) is 7.71. The van der Waals surface area contributed by atoms with Crippen molar-refractivity contribution in [3.05, 3.63) is 23.3 Å². The number of ketones is 1. The Labute approximate surface area is 131 Å². The Hall–Kier alpha value is -1.46. The minimum absolute atomic E-state index is 0.0693. The van der Waals surface area contributed by atoms with Crippen LogP contribution in [0.15, 0.2) is 23.3 Å². The maximum absolute atomic E-state index is 12.4. The van der Waals surface area contributed by atoms with Crippen molar-refractivity contribution in [3.63, 3.8) is 0 Å². The summed E-state index contributed by atoms with van der Waals surface area (Å²) in [7, 11) is 0. The summed E-state index contributed by atoms with van der Waals surface area (Å²) in [5.74, 6) is -1.02. The van der Waals surface area contributed by atoms with E-state index in [4.69, 9.17) is 14.2 Å². The predicted octanol–water partition coefficient (Wildman–Crippen LogP) is 2.55. The molecule has 1 aliphatic heterocycles. The highest BCUT2D eigenvalue weighted by molar-refractivity contribution is 6.00. The summed E-state index contributed by atoms with van der Waals surface area (Å²) in [5, 5.41) is 0. The zero-order valence-electron chi connectivity index (χ0n) is 13.7. The predicted molar refractivity (Wildman–Crippen MR) is 81.1 cm³/mol. The van der Waals surface area contributed by atoms with E-state index in [9.17, 15) is 9.59 Å².